The molecule has 0 saturated heterocycles. The summed E-state index contributed by atoms with van der Waals surface area (Å²) >= 11 is 5.76. The zero-order chi connectivity index (χ0) is 17.7. The van der Waals surface area contributed by atoms with Crippen LogP contribution < -0.4 is 10.1 Å². The summed E-state index contributed by atoms with van der Waals surface area (Å²) in [5.41, 5.74) is 0.173. The first-order chi connectivity index (χ1) is 11.4. The Hall–Kier alpha value is -2.60. The van der Waals surface area contributed by atoms with Crippen molar-refractivity contribution in [2.75, 3.05) is 11.9 Å². The molecule has 0 aliphatic carbocycles. The molecule has 2 aromatic carbocycles. The number of amides is 1. The van der Waals surface area contributed by atoms with Crippen molar-refractivity contribution >= 4 is 28.9 Å². The van der Waals surface area contributed by atoms with E-state index in [1.807, 2.05) is 13.8 Å². The highest BCUT2D eigenvalue weighted by atomic mass is 35.5. The average molecular weight is 349 g/mol. The van der Waals surface area contributed by atoms with Crippen molar-refractivity contribution in [2.45, 2.75) is 13.8 Å². The number of nitrogens with zero attached hydrogens (tertiary/aromatic N) is 1. The number of hydrogen-bond donors (Lipinski definition) is 1. The maximum absolute atomic E-state index is 12.3. The van der Waals surface area contributed by atoms with Crippen LogP contribution in [-0.4, -0.2) is 17.4 Å². The van der Waals surface area contributed by atoms with E-state index in [0.29, 0.717) is 23.8 Å². The van der Waals surface area contributed by atoms with Gasteiger partial charge < -0.3 is 10.1 Å². The Kier molecular flexibility index (Phi) is 5.76. The standard InChI is InChI=1S/C17H17ClN2O4/c1-11(2)10-24-14-5-3-4-12(8-14)17(21)19-15-7-6-13(18)9-16(15)20(22)23/h3-9,11H,10H2,1-2H3,(H,19,21). The van der Waals surface area contributed by atoms with E-state index in [-0.39, 0.29) is 16.4 Å². The van der Waals surface area contributed by atoms with Gasteiger partial charge in [0.2, 0.25) is 0 Å². The molecule has 1 N–H and O–H groups in total. The van der Waals surface area contributed by atoms with Crippen LogP contribution in [0.15, 0.2) is 42.5 Å². The van der Waals surface area contributed by atoms with Gasteiger partial charge in [-0.05, 0) is 36.2 Å². The van der Waals surface area contributed by atoms with E-state index in [0.717, 1.165) is 0 Å². The Bertz CT molecular complexity index is 762. The topological polar surface area (TPSA) is 81.5 Å². The number of carbonyl (C=O) groups is 1. The first-order valence-electron chi connectivity index (χ1n) is 7.35. The van der Waals surface area contributed by atoms with E-state index < -0.39 is 10.8 Å². The van der Waals surface area contributed by atoms with E-state index in [1.165, 1.54) is 18.2 Å². The smallest absolute Gasteiger partial charge is 0.294 e. The van der Waals surface area contributed by atoms with Crippen LogP contribution in [0.5, 0.6) is 5.75 Å². The lowest BCUT2D eigenvalue weighted by atomic mass is 10.2. The number of hydrogen-bond acceptors (Lipinski definition) is 4. The Morgan fingerprint density at radius 3 is 2.71 bits per heavy atom. The third kappa shape index (κ3) is 4.70. The third-order valence-corrected chi connectivity index (χ3v) is 3.32. The lowest BCUT2D eigenvalue weighted by molar-refractivity contribution is -0.383. The minimum absolute atomic E-state index is 0.0860. The van der Waals surface area contributed by atoms with Crippen LogP contribution in [-0.2, 0) is 0 Å². The minimum Gasteiger partial charge on any atom is -0.493 e. The number of ether oxygens (including phenoxy) is 1. The molecule has 7 heteroatoms. The predicted octanol–water partition coefficient (Wildman–Crippen LogP) is 4.54. The first kappa shape index (κ1) is 17.7. The maximum Gasteiger partial charge on any atom is 0.294 e. The summed E-state index contributed by atoms with van der Waals surface area (Å²) in [5, 5.41) is 13.8. The second-order valence-electron chi connectivity index (χ2n) is 5.61. The van der Waals surface area contributed by atoms with Gasteiger partial charge >= 0.3 is 0 Å². The van der Waals surface area contributed by atoms with Gasteiger partial charge in [0.1, 0.15) is 11.4 Å². The molecule has 2 rings (SSSR count). The van der Waals surface area contributed by atoms with Gasteiger partial charge in [0.15, 0.2) is 0 Å². The number of rotatable bonds is 6. The summed E-state index contributed by atoms with van der Waals surface area (Å²) in [5.74, 6) is 0.469. The Balaban J connectivity index is 2.18. The van der Waals surface area contributed by atoms with Crippen molar-refractivity contribution in [3.05, 3.63) is 63.2 Å². The summed E-state index contributed by atoms with van der Waals surface area (Å²) in [4.78, 5) is 22.8. The molecule has 6 nitrogen and oxygen atoms in total. The lowest BCUT2D eigenvalue weighted by Crippen LogP contribution is -2.13. The molecule has 0 spiro atoms. The van der Waals surface area contributed by atoms with Crippen molar-refractivity contribution < 1.29 is 14.5 Å². The normalized spacial score (nSPS) is 10.5. The largest absolute Gasteiger partial charge is 0.493 e. The SMILES string of the molecule is CC(C)COc1cccc(C(=O)Nc2ccc(Cl)cc2[N+](=O)[O-])c1. The van der Waals surface area contributed by atoms with Gasteiger partial charge in [-0.25, -0.2) is 0 Å². The highest BCUT2D eigenvalue weighted by Crippen LogP contribution is 2.28. The fourth-order valence-corrected chi connectivity index (χ4v) is 2.11. The second-order valence-corrected chi connectivity index (χ2v) is 6.04. The number of nitro groups is 1. The lowest BCUT2D eigenvalue weighted by Gasteiger charge is -2.10. The number of nitrogens with one attached hydrogen (secondary N) is 1. The molecule has 0 unspecified atom stereocenters. The molecule has 0 fully saturated rings. The van der Waals surface area contributed by atoms with Crippen LogP contribution in [0.3, 0.4) is 0 Å². The molecule has 1 amide bonds. The quantitative estimate of drug-likeness (QED) is 0.614. The summed E-state index contributed by atoms with van der Waals surface area (Å²) in [6.45, 7) is 4.58. The molecular weight excluding hydrogens is 332 g/mol. The first-order valence-corrected chi connectivity index (χ1v) is 7.72. The van der Waals surface area contributed by atoms with Gasteiger partial charge in [-0.3, -0.25) is 14.9 Å². The Labute approximate surface area is 144 Å². The molecule has 126 valence electrons. The minimum atomic E-state index is -0.594. The van der Waals surface area contributed by atoms with Crippen LogP contribution in [0.2, 0.25) is 5.02 Å². The van der Waals surface area contributed by atoms with Gasteiger partial charge in [0, 0.05) is 16.7 Å². The van der Waals surface area contributed by atoms with Crippen molar-refractivity contribution in [3.8, 4) is 5.75 Å². The molecule has 0 aromatic heterocycles. The molecule has 0 saturated carbocycles. The van der Waals surface area contributed by atoms with Gasteiger partial charge in [-0.2, -0.15) is 0 Å². The molecule has 2 aromatic rings. The number of carbonyl (C=O) groups excluding carboxylic acids is 1. The monoisotopic (exact) mass is 348 g/mol. The molecule has 0 atom stereocenters. The fraction of sp³-hybridized carbons (Fsp3) is 0.235. The van der Waals surface area contributed by atoms with Gasteiger partial charge in [-0.15, -0.1) is 0 Å². The summed E-state index contributed by atoms with van der Waals surface area (Å²) < 4.78 is 5.58. The van der Waals surface area contributed by atoms with E-state index >= 15 is 0 Å². The highest BCUT2D eigenvalue weighted by molar-refractivity contribution is 6.31. The van der Waals surface area contributed by atoms with Crippen molar-refractivity contribution in [1.29, 1.82) is 0 Å². The zero-order valence-corrected chi connectivity index (χ0v) is 14.0. The van der Waals surface area contributed by atoms with Crippen LogP contribution in [0.4, 0.5) is 11.4 Å². The van der Waals surface area contributed by atoms with Crippen LogP contribution in [0.25, 0.3) is 0 Å². The zero-order valence-electron chi connectivity index (χ0n) is 13.3. The molecule has 0 bridgehead atoms. The van der Waals surface area contributed by atoms with Crippen molar-refractivity contribution in [3.63, 3.8) is 0 Å². The van der Waals surface area contributed by atoms with Crippen molar-refractivity contribution in [1.82, 2.24) is 0 Å². The molecule has 0 aliphatic heterocycles. The number of anilines is 1. The van der Waals surface area contributed by atoms with E-state index in [1.54, 1.807) is 24.3 Å². The van der Waals surface area contributed by atoms with Crippen LogP contribution in [0.1, 0.15) is 24.2 Å². The number of benzene rings is 2. The maximum atomic E-state index is 12.3. The summed E-state index contributed by atoms with van der Waals surface area (Å²) in [6.07, 6.45) is 0. The van der Waals surface area contributed by atoms with Crippen LogP contribution >= 0.6 is 11.6 Å². The fourth-order valence-electron chi connectivity index (χ4n) is 1.95. The number of halogens is 1. The van der Waals surface area contributed by atoms with E-state index in [2.05, 4.69) is 5.32 Å². The number of nitro benzene ring substituents is 1. The average Bonchev–Trinajstić information content (AvgIpc) is 2.54. The summed E-state index contributed by atoms with van der Waals surface area (Å²) in [6, 6.07) is 10.7. The summed E-state index contributed by atoms with van der Waals surface area (Å²) in [7, 11) is 0. The Morgan fingerprint density at radius 2 is 2.04 bits per heavy atom. The highest BCUT2D eigenvalue weighted by Gasteiger charge is 2.17. The molecule has 0 heterocycles. The third-order valence-electron chi connectivity index (χ3n) is 3.08. The second kappa shape index (κ2) is 7.79. The molecule has 24 heavy (non-hydrogen) atoms. The molecule has 0 radical (unpaired) electrons. The van der Waals surface area contributed by atoms with Crippen LogP contribution in [0, 0.1) is 16.0 Å². The molecule has 0 aliphatic rings. The van der Waals surface area contributed by atoms with Gasteiger partial charge in [-0.1, -0.05) is 31.5 Å². The molecular formula is C17H17ClN2O4. The Morgan fingerprint density at radius 1 is 1.29 bits per heavy atom. The van der Waals surface area contributed by atoms with Crippen molar-refractivity contribution in [2.24, 2.45) is 5.92 Å². The van der Waals surface area contributed by atoms with E-state index in [4.69, 9.17) is 16.3 Å². The van der Waals surface area contributed by atoms with E-state index in [9.17, 15) is 14.9 Å². The van der Waals surface area contributed by atoms with Gasteiger partial charge in [0.25, 0.3) is 11.6 Å². The predicted molar refractivity (Wildman–Crippen MR) is 92.8 cm³/mol. The van der Waals surface area contributed by atoms with Gasteiger partial charge in [0.05, 0.1) is 11.5 Å².